The minimum absolute atomic E-state index is 0.186. The molecule has 0 fully saturated rings. The first kappa shape index (κ1) is 6.87. The van der Waals surface area contributed by atoms with Crippen molar-refractivity contribution < 1.29 is 9.42 Å². The summed E-state index contributed by atoms with van der Waals surface area (Å²) in [5.74, 6) is 0. The Morgan fingerprint density at radius 2 is 2.50 bits per heavy atom. The molecule has 2 nitrogen and oxygen atoms in total. The Balaban J connectivity index is 3.22. The van der Waals surface area contributed by atoms with Crippen molar-refractivity contribution in [2.45, 2.75) is 0 Å². The van der Waals surface area contributed by atoms with Crippen LogP contribution in [0.1, 0.15) is 0 Å². The van der Waals surface area contributed by atoms with Crippen molar-refractivity contribution in [3.8, 4) is 0 Å². The van der Waals surface area contributed by atoms with Gasteiger partial charge in [0.15, 0.2) is 6.64 Å². The third-order valence-corrected chi connectivity index (χ3v) is 2.72. The van der Waals surface area contributed by atoms with Crippen molar-refractivity contribution in [2.24, 2.45) is 0 Å². The molecule has 0 spiro atoms. The van der Waals surface area contributed by atoms with Crippen molar-refractivity contribution in [3.63, 3.8) is 0 Å². The monoisotopic (exact) mass is 142 g/mol. The Morgan fingerprint density at radius 1 is 2.00 bits per heavy atom. The second-order valence-corrected chi connectivity index (χ2v) is 4.96. The first-order valence-corrected chi connectivity index (χ1v) is 5.00. The van der Waals surface area contributed by atoms with Crippen LogP contribution in [0.3, 0.4) is 0 Å². The topological polar surface area (TPSA) is 29.5 Å². The van der Waals surface area contributed by atoms with Crippen molar-refractivity contribution in [2.75, 3.05) is 7.11 Å². The fourth-order valence-electron chi connectivity index (χ4n) is 0.0365. The summed E-state index contributed by atoms with van der Waals surface area (Å²) in [5, 5.41) is 0. The summed E-state index contributed by atoms with van der Waals surface area (Å²) in [7, 11) is 1.67. The van der Waals surface area contributed by atoms with Gasteiger partial charge in [0.1, 0.15) is 0 Å². The SMILES string of the molecule is CO[P+]([S-])=PO. The molecule has 0 aliphatic heterocycles. The fourth-order valence-corrected chi connectivity index (χ4v) is 0.329. The van der Waals surface area contributed by atoms with Crippen LogP contribution in [0, 0.1) is 0 Å². The molecular formula is CH4O2P2S. The van der Waals surface area contributed by atoms with Gasteiger partial charge in [-0.3, -0.25) is 0 Å². The standard InChI is InChI=1S/CH4O2P2S/c1-3-5(6)4-2/h2H,1H3. The maximum absolute atomic E-state index is 8.11. The second kappa shape index (κ2) is 4.04. The Hall–Kier alpha value is 0.870. The highest BCUT2D eigenvalue weighted by atomic mass is 32.8. The van der Waals surface area contributed by atoms with Gasteiger partial charge in [-0.25, -0.2) is 4.52 Å². The summed E-state index contributed by atoms with van der Waals surface area (Å²) >= 11 is 4.52. The van der Waals surface area contributed by atoms with Gasteiger partial charge < -0.3 is 17.1 Å². The zero-order chi connectivity index (χ0) is 4.99. The summed E-state index contributed by atoms with van der Waals surface area (Å²) in [4.78, 5) is 8.11. The summed E-state index contributed by atoms with van der Waals surface area (Å²) in [6.07, 6.45) is 0. The van der Waals surface area contributed by atoms with E-state index in [1.165, 1.54) is 7.11 Å². The van der Waals surface area contributed by atoms with Crippen LogP contribution < -0.4 is 0 Å². The normalized spacial score (nSPS) is 12.2. The highest BCUT2D eigenvalue weighted by Crippen LogP contribution is 2.29. The summed E-state index contributed by atoms with van der Waals surface area (Å²) < 4.78 is 4.52. The summed E-state index contributed by atoms with van der Waals surface area (Å²) in [6.45, 7) is -0.965. The predicted molar refractivity (Wildman–Crippen MR) is 30.4 cm³/mol. The molecular weight excluding hydrogens is 138 g/mol. The fraction of sp³-hybridized carbons (Fsp3) is 1.00. The Morgan fingerprint density at radius 3 is 2.50 bits per heavy atom. The van der Waals surface area contributed by atoms with Crippen LogP contribution in [0.25, 0.3) is 0 Å². The zero-order valence-electron chi connectivity index (χ0n) is 3.16. The van der Waals surface area contributed by atoms with Crippen LogP contribution in [-0.4, -0.2) is 12.0 Å². The molecule has 0 saturated carbocycles. The molecule has 1 atom stereocenters. The minimum Gasteiger partial charge on any atom is -0.451 e. The van der Waals surface area contributed by atoms with Gasteiger partial charge in [0.05, 0.1) is 7.11 Å². The minimum atomic E-state index is -0.965. The van der Waals surface area contributed by atoms with E-state index in [1.807, 2.05) is 0 Å². The molecule has 6 heavy (non-hydrogen) atoms. The van der Waals surface area contributed by atoms with Gasteiger partial charge in [0.2, 0.25) is 0 Å². The van der Waals surface area contributed by atoms with Gasteiger partial charge in [-0.05, 0) is 0 Å². The van der Waals surface area contributed by atoms with Crippen LogP contribution in [0.5, 0.6) is 0 Å². The molecule has 0 radical (unpaired) electrons. The summed E-state index contributed by atoms with van der Waals surface area (Å²) in [6, 6.07) is 0. The third-order valence-electron chi connectivity index (χ3n) is 0.229. The lowest BCUT2D eigenvalue weighted by atomic mass is 11.8. The molecule has 0 saturated heterocycles. The quantitative estimate of drug-likeness (QED) is 0.441. The van der Waals surface area contributed by atoms with Gasteiger partial charge in [-0.15, -0.1) is 0 Å². The maximum atomic E-state index is 8.11. The molecule has 0 bridgehead atoms. The zero-order valence-corrected chi connectivity index (χ0v) is 5.76. The van der Waals surface area contributed by atoms with Crippen molar-refractivity contribution in [3.05, 3.63) is 0 Å². The molecule has 5 heteroatoms. The Bertz CT molecular complexity index is 62.6. The van der Waals surface area contributed by atoms with Crippen LogP contribution in [0.4, 0.5) is 0 Å². The molecule has 0 aromatic rings. The van der Waals surface area contributed by atoms with Crippen LogP contribution in [-0.2, 0) is 16.8 Å². The molecule has 1 unspecified atom stereocenters. The van der Waals surface area contributed by atoms with E-state index in [4.69, 9.17) is 4.89 Å². The van der Waals surface area contributed by atoms with Gasteiger partial charge in [-0.2, -0.15) is 0 Å². The van der Waals surface area contributed by atoms with E-state index in [0.29, 0.717) is 0 Å². The van der Waals surface area contributed by atoms with E-state index in [9.17, 15) is 0 Å². The number of hydrogen-bond acceptors (Lipinski definition) is 2. The molecule has 0 rings (SSSR count). The smallest absolute Gasteiger partial charge is 0.299 e. The van der Waals surface area contributed by atoms with E-state index in [2.05, 4.69) is 16.8 Å². The lowest BCUT2D eigenvalue weighted by Gasteiger charge is -1.82. The predicted octanol–water partition coefficient (Wildman–Crippen LogP) is 1.26. The first-order chi connectivity index (χ1) is 2.81. The largest absolute Gasteiger partial charge is 0.451 e. The third kappa shape index (κ3) is 3.08. The molecule has 0 aromatic heterocycles. The van der Waals surface area contributed by atoms with E-state index in [0.717, 1.165) is 0 Å². The van der Waals surface area contributed by atoms with Crippen LogP contribution in [0.15, 0.2) is 0 Å². The average Bonchev–Trinajstić information content (AvgIpc) is 1.65. The van der Waals surface area contributed by atoms with Crippen molar-refractivity contribution in [1.82, 2.24) is 0 Å². The van der Waals surface area contributed by atoms with E-state index < -0.39 is 6.64 Å². The second-order valence-electron chi connectivity index (χ2n) is 0.510. The Labute approximate surface area is 44.2 Å². The maximum Gasteiger partial charge on any atom is 0.299 e. The van der Waals surface area contributed by atoms with Gasteiger partial charge >= 0.3 is 0 Å². The van der Waals surface area contributed by atoms with Gasteiger partial charge in [-0.1, -0.05) is 0 Å². The van der Waals surface area contributed by atoms with Gasteiger partial charge in [0.25, 0.3) is 8.09 Å². The molecule has 1 N–H and O–H groups in total. The van der Waals surface area contributed by atoms with E-state index in [-0.39, 0.29) is 8.09 Å². The van der Waals surface area contributed by atoms with Crippen LogP contribution in [0.2, 0.25) is 0 Å². The molecule has 0 aromatic carbocycles. The number of rotatable bonds is 1. The molecule has 0 heterocycles. The van der Waals surface area contributed by atoms with Crippen LogP contribution >= 0.6 is 14.7 Å². The molecule has 0 amide bonds. The first-order valence-electron chi connectivity index (χ1n) is 1.17. The van der Waals surface area contributed by atoms with Gasteiger partial charge in [0, 0.05) is 0 Å². The van der Waals surface area contributed by atoms with E-state index in [1.54, 1.807) is 0 Å². The lowest BCUT2D eigenvalue weighted by molar-refractivity contribution is 0.482. The lowest BCUT2D eigenvalue weighted by Crippen LogP contribution is -1.53. The Kier molecular flexibility index (Phi) is 4.63. The molecule has 0 aliphatic carbocycles. The molecule has 36 valence electrons. The van der Waals surface area contributed by atoms with E-state index >= 15 is 0 Å². The number of hydrogen-bond donors (Lipinski definition) is 1. The highest BCUT2D eigenvalue weighted by Gasteiger charge is 1.81. The molecule has 0 aliphatic rings. The highest BCUT2D eigenvalue weighted by molar-refractivity contribution is 8.40. The summed E-state index contributed by atoms with van der Waals surface area (Å²) in [5.41, 5.74) is 0. The van der Waals surface area contributed by atoms with Crippen molar-refractivity contribution in [1.29, 1.82) is 0 Å². The van der Waals surface area contributed by atoms with Crippen molar-refractivity contribution >= 4 is 27.0 Å². The average molecular weight is 142 g/mol.